The number of dihydropyridines is 1. The predicted molar refractivity (Wildman–Crippen MR) is 155 cm³/mol. The molecular weight excluding hydrogens is 539 g/mol. The van der Waals surface area contributed by atoms with Crippen LogP contribution in [0.2, 0.25) is 10.0 Å². The first-order valence-electron chi connectivity index (χ1n) is 11.7. The van der Waals surface area contributed by atoms with Crippen LogP contribution in [0.15, 0.2) is 94.7 Å². The first-order valence-corrected chi connectivity index (χ1v) is 13.4. The summed E-state index contributed by atoms with van der Waals surface area (Å²) in [4.78, 5) is 26.2. The molecule has 4 rings (SSSR count). The van der Waals surface area contributed by atoms with Gasteiger partial charge in [0.05, 0.1) is 28.3 Å². The van der Waals surface area contributed by atoms with Crippen molar-refractivity contribution in [2.75, 3.05) is 16.4 Å². The molecule has 0 spiro atoms. The molecule has 0 bridgehead atoms. The maximum atomic E-state index is 13.5. The van der Waals surface area contributed by atoms with Gasteiger partial charge >= 0.3 is 0 Å². The molecule has 3 N–H and O–H groups in total. The van der Waals surface area contributed by atoms with E-state index in [2.05, 4.69) is 22.0 Å². The zero-order valence-corrected chi connectivity index (χ0v) is 23.0. The standard InChI is InChI=1S/C29H24Cl2N4O2S/c1-17-6-5-7-21(14-17)34-25(36)16-38-29-23(15-32)27(22-8-3-4-9-24(22)31)26(18(2)33-29)28(37)35-20-12-10-19(30)11-13-20/h3-14,27,33H,16H2,1-2H3,(H,34,36)(H,35,37). The molecule has 1 heterocycles. The first-order chi connectivity index (χ1) is 18.3. The van der Waals surface area contributed by atoms with Crippen molar-refractivity contribution < 1.29 is 9.59 Å². The summed E-state index contributed by atoms with van der Waals surface area (Å²) in [6.07, 6.45) is 0. The van der Waals surface area contributed by atoms with Crippen molar-refractivity contribution in [3.63, 3.8) is 0 Å². The summed E-state index contributed by atoms with van der Waals surface area (Å²) in [5.74, 6) is -1.26. The number of allylic oxidation sites excluding steroid dienone is 2. The number of anilines is 2. The highest BCUT2D eigenvalue weighted by atomic mass is 35.5. The number of halogens is 2. The number of amides is 2. The number of benzene rings is 3. The van der Waals surface area contributed by atoms with E-state index in [1.165, 1.54) is 11.8 Å². The van der Waals surface area contributed by atoms with Gasteiger partial charge in [0.15, 0.2) is 0 Å². The van der Waals surface area contributed by atoms with Crippen LogP contribution in [-0.2, 0) is 9.59 Å². The van der Waals surface area contributed by atoms with Gasteiger partial charge in [0, 0.05) is 32.7 Å². The summed E-state index contributed by atoms with van der Waals surface area (Å²) in [7, 11) is 0. The molecule has 2 amide bonds. The minimum absolute atomic E-state index is 0.0658. The van der Waals surface area contributed by atoms with Crippen LogP contribution in [-0.4, -0.2) is 17.6 Å². The maximum Gasteiger partial charge on any atom is 0.254 e. The fraction of sp³-hybridized carbons (Fsp3) is 0.138. The lowest BCUT2D eigenvalue weighted by molar-refractivity contribution is -0.114. The van der Waals surface area contributed by atoms with E-state index in [9.17, 15) is 14.9 Å². The molecule has 0 aromatic heterocycles. The Balaban J connectivity index is 1.64. The average molecular weight is 564 g/mol. The van der Waals surface area contributed by atoms with Crippen LogP contribution >= 0.6 is 35.0 Å². The van der Waals surface area contributed by atoms with E-state index in [1.54, 1.807) is 49.4 Å². The van der Waals surface area contributed by atoms with E-state index in [0.717, 1.165) is 5.56 Å². The second kappa shape index (κ2) is 12.2. The summed E-state index contributed by atoms with van der Waals surface area (Å²) < 4.78 is 0. The average Bonchev–Trinajstić information content (AvgIpc) is 2.88. The third kappa shape index (κ3) is 6.40. The fourth-order valence-electron chi connectivity index (χ4n) is 4.14. The zero-order valence-electron chi connectivity index (χ0n) is 20.6. The molecule has 1 unspecified atom stereocenters. The Labute approximate surface area is 235 Å². The molecule has 3 aromatic carbocycles. The number of hydrogen-bond acceptors (Lipinski definition) is 5. The molecule has 1 aliphatic rings. The lowest BCUT2D eigenvalue weighted by atomic mass is 9.82. The Kier molecular flexibility index (Phi) is 8.80. The third-order valence-electron chi connectivity index (χ3n) is 5.86. The Bertz CT molecular complexity index is 1490. The van der Waals surface area contributed by atoms with E-state index in [0.29, 0.717) is 48.9 Å². The number of aryl methyl sites for hydroxylation is 1. The normalized spacial score (nSPS) is 15.0. The SMILES string of the molecule is CC1=C(C(=O)Nc2ccc(Cl)cc2)C(c2ccccc2Cl)C(C#N)=C(SCC(=O)Nc2cccc(C)c2)N1. The smallest absolute Gasteiger partial charge is 0.254 e. The van der Waals surface area contributed by atoms with E-state index in [1.807, 2.05) is 37.3 Å². The first kappa shape index (κ1) is 27.3. The Morgan fingerprint density at radius 2 is 1.71 bits per heavy atom. The number of nitriles is 1. The molecular formula is C29H24Cl2N4O2S. The second-order valence-electron chi connectivity index (χ2n) is 8.64. The highest BCUT2D eigenvalue weighted by molar-refractivity contribution is 8.03. The molecule has 1 atom stereocenters. The van der Waals surface area contributed by atoms with Crippen LogP contribution in [0.25, 0.3) is 0 Å². The van der Waals surface area contributed by atoms with Crippen LogP contribution in [0.3, 0.4) is 0 Å². The Hall–Kier alpha value is -3.70. The summed E-state index contributed by atoms with van der Waals surface area (Å²) in [6.45, 7) is 3.72. The molecule has 1 aliphatic heterocycles. The summed E-state index contributed by atoms with van der Waals surface area (Å²) in [5.41, 5.74) is 4.14. The van der Waals surface area contributed by atoms with Crippen molar-refractivity contribution >= 4 is 58.2 Å². The molecule has 0 saturated carbocycles. The van der Waals surface area contributed by atoms with Crippen LogP contribution in [0, 0.1) is 18.3 Å². The number of carbonyl (C=O) groups is 2. The van der Waals surface area contributed by atoms with Gasteiger partial charge < -0.3 is 16.0 Å². The van der Waals surface area contributed by atoms with E-state index in [4.69, 9.17) is 23.2 Å². The Morgan fingerprint density at radius 1 is 0.974 bits per heavy atom. The van der Waals surface area contributed by atoms with Crippen molar-refractivity contribution in [1.82, 2.24) is 5.32 Å². The van der Waals surface area contributed by atoms with E-state index < -0.39 is 5.92 Å². The van der Waals surface area contributed by atoms with Gasteiger partial charge in [-0.2, -0.15) is 5.26 Å². The van der Waals surface area contributed by atoms with E-state index in [-0.39, 0.29) is 17.6 Å². The number of nitrogens with one attached hydrogen (secondary N) is 3. The molecule has 9 heteroatoms. The van der Waals surface area contributed by atoms with Crippen LogP contribution in [0.5, 0.6) is 0 Å². The maximum absolute atomic E-state index is 13.5. The molecule has 0 saturated heterocycles. The van der Waals surface area contributed by atoms with Gasteiger partial charge in [0.2, 0.25) is 5.91 Å². The minimum atomic E-state index is -0.732. The minimum Gasteiger partial charge on any atom is -0.353 e. The van der Waals surface area contributed by atoms with Gasteiger partial charge in [0.1, 0.15) is 0 Å². The lowest BCUT2D eigenvalue weighted by Crippen LogP contribution is -2.31. The topological polar surface area (TPSA) is 94.0 Å². The summed E-state index contributed by atoms with van der Waals surface area (Å²) in [6, 6.07) is 23.7. The monoisotopic (exact) mass is 562 g/mol. The highest BCUT2D eigenvalue weighted by Crippen LogP contribution is 2.43. The van der Waals surface area contributed by atoms with E-state index >= 15 is 0 Å². The van der Waals surface area contributed by atoms with Crippen LogP contribution in [0.1, 0.15) is 24.0 Å². The molecule has 38 heavy (non-hydrogen) atoms. The number of nitrogens with zero attached hydrogens (tertiary/aromatic N) is 1. The van der Waals surface area contributed by atoms with Crippen molar-refractivity contribution in [3.8, 4) is 6.07 Å². The lowest BCUT2D eigenvalue weighted by Gasteiger charge is -2.30. The second-order valence-corrected chi connectivity index (χ2v) is 10.5. The zero-order chi connectivity index (χ0) is 27.2. The van der Waals surface area contributed by atoms with Crippen molar-refractivity contribution in [2.24, 2.45) is 0 Å². The van der Waals surface area contributed by atoms with Gasteiger partial charge in [-0.25, -0.2) is 0 Å². The quantitative estimate of drug-likeness (QED) is 0.288. The molecule has 192 valence electrons. The van der Waals surface area contributed by atoms with Crippen molar-refractivity contribution in [1.29, 1.82) is 5.26 Å². The van der Waals surface area contributed by atoms with Crippen molar-refractivity contribution in [3.05, 3.63) is 116 Å². The molecule has 0 radical (unpaired) electrons. The molecule has 3 aromatic rings. The number of hydrogen-bond donors (Lipinski definition) is 3. The van der Waals surface area contributed by atoms with Crippen LogP contribution in [0.4, 0.5) is 11.4 Å². The molecule has 6 nitrogen and oxygen atoms in total. The summed E-state index contributed by atoms with van der Waals surface area (Å²) in [5, 5.41) is 20.7. The predicted octanol–water partition coefficient (Wildman–Crippen LogP) is 7.01. The third-order valence-corrected chi connectivity index (χ3v) is 7.47. The molecule has 0 fully saturated rings. The highest BCUT2D eigenvalue weighted by Gasteiger charge is 2.36. The number of rotatable bonds is 7. The summed E-state index contributed by atoms with van der Waals surface area (Å²) >= 11 is 13.7. The number of carbonyl (C=O) groups excluding carboxylic acids is 2. The Morgan fingerprint density at radius 3 is 2.39 bits per heavy atom. The van der Waals surface area contributed by atoms with Crippen LogP contribution < -0.4 is 16.0 Å². The van der Waals surface area contributed by atoms with Gasteiger partial charge in [-0.1, -0.05) is 65.3 Å². The van der Waals surface area contributed by atoms with Crippen molar-refractivity contribution in [2.45, 2.75) is 19.8 Å². The fourth-order valence-corrected chi connectivity index (χ4v) is 5.40. The van der Waals surface area contributed by atoms with Gasteiger partial charge in [0.25, 0.3) is 5.91 Å². The van der Waals surface area contributed by atoms with Gasteiger partial charge in [-0.15, -0.1) is 0 Å². The van der Waals surface area contributed by atoms with Gasteiger partial charge in [-0.3, -0.25) is 9.59 Å². The molecule has 0 aliphatic carbocycles. The largest absolute Gasteiger partial charge is 0.353 e. The number of thioether (sulfide) groups is 1. The van der Waals surface area contributed by atoms with Gasteiger partial charge in [-0.05, 0) is 67.4 Å².